The fourth-order valence-corrected chi connectivity index (χ4v) is 1.35. The molecule has 1 atom stereocenters. The SMILES string of the molecule is COc1ccccc1C(N)CCC#N. The third-order valence-electron chi connectivity index (χ3n) is 2.11. The molecule has 0 saturated carbocycles. The van der Waals surface area contributed by atoms with Gasteiger partial charge in [0.05, 0.1) is 13.2 Å². The predicted octanol–water partition coefficient (Wildman–Crippen LogP) is 2.00. The van der Waals surface area contributed by atoms with Crippen molar-refractivity contribution in [2.75, 3.05) is 7.11 Å². The van der Waals surface area contributed by atoms with E-state index < -0.39 is 0 Å². The molecule has 1 aromatic rings. The highest BCUT2D eigenvalue weighted by Gasteiger charge is 2.10. The van der Waals surface area contributed by atoms with E-state index in [0.29, 0.717) is 12.8 Å². The largest absolute Gasteiger partial charge is 0.496 e. The molecule has 2 N–H and O–H groups in total. The highest BCUT2D eigenvalue weighted by molar-refractivity contribution is 5.35. The Hall–Kier alpha value is -1.53. The van der Waals surface area contributed by atoms with Crippen molar-refractivity contribution in [2.45, 2.75) is 18.9 Å². The molecule has 0 bridgehead atoms. The van der Waals surface area contributed by atoms with Gasteiger partial charge in [-0.25, -0.2) is 0 Å². The summed E-state index contributed by atoms with van der Waals surface area (Å²) in [5.74, 6) is 0.790. The molecule has 0 amide bonds. The van der Waals surface area contributed by atoms with Gasteiger partial charge in [0.1, 0.15) is 5.75 Å². The Kier molecular flexibility index (Phi) is 3.96. The summed E-state index contributed by atoms with van der Waals surface area (Å²) in [5, 5.41) is 8.45. The van der Waals surface area contributed by atoms with Crippen LogP contribution in [0.3, 0.4) is 0 Å². The van der Waals surface area contributed by atoms with Crippen LogP contribution in [-0.2, 0) is 0 Å². The molecule has 0 aliphatic rings. The third kappa shape index (κ3) is 2.48. The fraction of sp³-hybridized carbons (Fsp3) is 0.364. The van der Waals surface area contributed by atoms with E-state index in [1.54, 1.807) is 7.11 Å². The molecule has 0 radical (unpaired) electrons. The Labute approximate surface area is 84.1 Å². The van der Waals surface area contributed by atoms with Crippen molar-refractivity contribution in [3.63, 3.8) is 0 Å². The molecule has 0 aliphatic heterocycles. The predicted molar refractivity (Wildman–Crippen MR) is 54.8 cm³/mol. The molecule has 0 aliphatic carbocycles. The summed E-state index contributed by atoms with van der Waals surface area (Å²) in [6.07, 6.45) is 1.14. The maximum absolute atomic E-state index is 8.45. The molecule has 0 heterocycles. The van der Waals surface area contributed by atoms with Gasteiger partial charge < -0.3 is 10.5 Å². The van der Waals surface area contributed by atoms with Crippen LogP contribution in [0.15, 0.2) is 24.3 Å². The van der Waals surface area contributed by atoms with Crippen molar-refractivity contribution in [3.8, 4) is 11.8 Å². The number of benzene rings is 1. The van der Waals surface area contributed by atoms with Gasteiger partial charge >= 0.3 is 0 Å². The van der Waals surface area contributed by atoms with Crippen LogP contribution in [0, 0.1) is 11.3 Å². The Morgan fingerprint density at radius 3 is 2.86 bits per heavy atom. The van der Waals surface area contributed by atoms with Gasteiger partial charge in [-0.1, -0.05) is 18.2 Å². The first-order valence-corrected chi connectivity index (χ1v) is 4.55. The van der Waals surface area contributed by atoms with E-state index in [2.05, 4.69) is 6.07 Å². The molecule has 1 aromatic carbocycles. The van der Waals surface area contributed by atoms with Gasteiger partial charge in [-0.3, -0.25) is 0 Å². The van der Waals surface area contributed by atoms with Crippen molar-refractivity contribution in [1.82, 2.24) is 0 Å². The molecule has 0 spiro atoms. The van der Waals surface area contributed by atoms with E-state index in [-0.39, 0.29) is 6.04 Å². The van der Waals surface area contributed by atoms with Gasteiger partial charge in [-0.15, -0.1) is 0 Å². The zero-order valence-electron chi connectivity index (χ0n) is 8.23. The number of ether oxygens (including phenoxy) is 1. The molecule has 3 heteroatoms. The van der Waals surface area contributed by atoms with Gasteiger partial charge in [0.15, 0.2) is 0 Å². The van der Waals surface area contributed by atoms with Crippen LogP contribution >= 0.6 is 0 Å². The number of hydrogen-bond donors (Lipinski definition) is 1. The standard InChI is InChI=1S/C11H14N2O/c1-14-11-7-3-2-5-9(11)10(13)6-4-8-12/h2-3,5,7,10H,4,6,13H2,1H3. The maximum atomic E-state index is 8.45. The Morgan fingerprint density at radius 2 is 2.21 bits per heavy atom. The Morgan fingerprint density at radius 1 is 1.50 bits per heavy atom. The van der Waals surface area contributed by atoms with Crippen LogP contribution in [0.5, 0.6) is 5.75 Å². The summed E-state index contributed by atoms with van der Waals surface area (Å²) in [5.41, 5.74) is 6.89. The molecule has 0 aromatic heterocycles. The van der Waals surface area contributed by atoms with E-state index >= 15 is 0 Å². The third-order valence-corrected chi connectivity index (χ3v) is 2.11. The summed E-state index contributed by atoms with van der Waals surface area (Å²) < 4.78 is 5.18. The van der Waals surface area contributed by atoms with E-state index in [1.807, 2.05) is 24.3 Å². The monoisotopic (exact) mass is 190 g/mol. The van der Waals surface area contributed by atoms with Crippen molar-refractivity contribution in [1.29, 1.82) is 5.26 Å². The van der Waals surface area contributed by atoms with E-state index in [0.717, 1.165) is 11.3 Å². The smallest absolute Gasteiger partial charge is 0.123 e. The fourth-order valence-electron chi connectivity index (χ4n) is 1.35. The minimum atomic E-state index is -0.120. The summed E-state index contributed by atoms with van der Waals surface area (Å²) in [6.45, 7) is 0. The van der Waals surface area contributed by atoms with Crippen LogP contribution in [0.25, 0.3) is 0 Å². The lowest BCUT2D eigenvalue weighted by Gasteiger charge is -2.13. The van der Waals surface area contributed by atoms with Crippen molar-refractivity contribution in [2.24, 2.45) is 5.73 Å². The Bertz CT molecular complexity index is 330. The van der Waals surface area contributed by atoms with Crippen molar-refractivity contribution < 1.29 is 4.74 Å². The first-order valence-electron chi connectivity index (χ1n) is 4.55. The quantitative estimate of drug-likeness (QED) is 0.789. The highest BCUT2D eigenvalue weighted by Crippen LogP contribution is 2.25. The van der Waals surface area contributed by atoms with E-state index in [9.17, 15) is 0 Å². The second kappa shape index (κ2) is 5.25. The van der Waals surface area contributed by atoms with Gasteiger partial charge in [0, 0.05) is 18.0 Å². The summed E-state index contributed by atoms with van der Waals surface area (Å²) >= 11 is 0. The van der Waals surface area contributed by atoms with Crippen LogP contribution in [0.1, 0.15) is 24.4 Å². The lowest BCUT2D eigenvalue weighted by molar-refractivity contribution is 0.404. The number of hydrogen-bond acceptors (Lipinski definition) is 3. The molecule has 1 unspecified atom stereocenters. The first kappa shape index (κ1) is 10.6. The van der Waals surface area contributed by atoms with Gasteiger partial charge in [0.2, 0.25) is 0 Å². The van der Waals surface area contributed by atoms with Gasteiger partial charge in [-0.05, 0) is 12.5 Å². The maximum Gasteiger partial charge on any atom is 0.123 e. The summed E-state index contributed by atoms with van der Waals surface area (Å²) in [6, 6.07) is 9.60. The zero-order valence-corrected chi connectivity index (χ0v) is 8.23. The minimum Gasteiger partial charge on any atom is -0.496 e. The minimum absolute atomic E-state index is 0.120. The van der Waals surface area contributed by atoms with Crippen molar-refractivity contribution >= 4 is 0 Å². The molecule has 14 heavy (non-hydrogen) atoms. The Balaban J connectivity index is 2.78. The van der Waals surface area contributed by atoms with Gasteiger partial charge in [-0.2, -0.15) is 5.26 Å². The molecule has 74 valence electrons. The van der Waals surface area contributed by atoms with Crippen LogP contribution < -0.4 is 10.5 Å². The number of methoxy groups -OCH3 is 1. The van der Waals surface area contributed by atoms with E-state index in [4.69, 9.17) is 15.7 Å². The van der Waals surface area contributed by atoms with Crippen LogP contribution in [-0.4, -0.2) is 7.11 Å². The number of nitriles is 1. The average Bonchev–Trinajstić information content (AvgIpc) is 2.25. The first-order chi connectivity index (χ1) is 6.79. The van der Waals surface area contributed by atoms with Gasteiger partial charge in [0.25, 0.3) is 0 Å². The molecular formula is C11H14N2O. The topological polar surface area (TPSA) is 59.0 Å². The zero-order chi connectivity index (χ0) is 10.4. The van der Waals surface area contributed by atoms with Crippen LogP contribution in [0.4, 0.5) is 0 Å². The highest BCUT2D eigenvalue weighted by atomic mass is 16.5. The molecule has 3 nitrogen and oxygen atoms in total. The molecule has 0 saturated heterocycles. The summed E-state index contributed by atoms with van der Waals surface area (Å²) in [4.78, 5) is 0. The lowest BCUT2D eigenvalue weighted by Crippen LogP contribution is -2.11. The number of para-hydroxylation sites is 1. The summed E-state index contributed by atoms with van der Waals surface area (Å²) in [7, 11) is 1.62. The van der Waals surface area contributed by atoms with E-state index in [1.165, 1.54) is 0 Å². The molecular weight excluding hydrogens is 176 g/mol. The number of nitrogens with zero attached hydrogens (tertiary/aromatic N) is 1. The molecule has 0 fully saturated rings. The second-order valence-corrected chi connectivity index (χ2v) is 3.05. The lowest BCUT2D eigenvalue weighted by atomic mass is 10.0. The van der Waals surface area contributed by atoms with Crippen molar-refractivity contribution in [3.05, 3.63) is 29.8 Å². The second-order valence-electron chi connectivity index (χ2n) is 3.05. The number of nitrogens with two attached hydrogens (primary N) is 1. The average molecular weight is 190 g/mol. The number of rotatable bonds is 4. The molecule has 1 rings (SSSR count). The van der Waals surface area contributed by atoms with Crippen LogP contribution in [0.2, 0.25) is 0 Å². The normalized spacial score (nSPS) is 11.8.